The van der Waals surface area contributed by atoms with Crippen molar-refractivity contribution in [3.8, 4) is 11.1 Å². The van der Waals surface area contributed by atoms with Crippen LogP contribution >= 0.6 is 11.3 Å². The second-order valence-electron chi connectivity index (χ2n) is 8.25. The largest absolute Gasteiger partial charge is 0.393 e. The molecule has 0 bridgehead atoms. The molecule has 0 spiro atoms. The average Bonchev–Trinajstić information content (AvgIpc) is 3.52. The smallest absolute Gasteiger partial charge is 0.139 e. The minimum atomic E-state index is -0.102. The zero-order chi connectivity index (χ0) is 19.6. The van der Waals surface area contributed by atoms with Crippen molar-refractivity contribution in [3.63, 3.8) is 0 Å². The lowest BCUT2D eigenvalue weighted by molar-refractivity contribution is 0.0825. The van der Waals surface area contributed by atoms with Gasteiger partial charge in [0, 0.05) is 36.5 Å². The topological polar surface area (TPSA) is 61.3 Å². The number of thiophene rings is 1. The van der Waals surface area contributed by atoms with Gasteiger partial charge in [-0.3, -0.25) is 0 Å². The Morgan fingerprint density at radius 2 is 1.86 bits per heavy atom. The van der Waals surface area contributed by atoms with Crippen LogP contribution in [0.15, 0.2) is 35.7 Å². The van der Waals surface area contributed by atoms with E-state index in [1.165, 1.54) is 24.0 Å². The number of piperidine rings is 1. The summed E-state index contributed by atoms with van der Waals surface area (Å²) in [7, 11) is 0. The highest BCUT2D eigenvalue weighted by molar-refractivity contribution is 7.17. The first-order valence-corrected chi connectivity index (χ1v) is 11.6. The van der Waals surface area contributed by atoms with Crippen molar-refractivity contribution >= 4 is 27.4 Å². The summed E-state index contributed by atoms with van der Waals surface area (Å²) in [4.78, 5) is 13.4. The molecule has 0 radical (unpaired) electrons. The summed E-state index contributed by atoms with van der Waals surface area (Å²) < 4.78 is 0. The minimum Gasteiger partial charge on any atom is -0.393 e. The van der Waals surface area contributed by atoms with Gasteiger partial charge in [0.1, 0.15) is 16.5 Å². The molecule has 152 valence electrons. The maximum Gasteiger partial charge on any atom is 0.139 e. The van der Waals surface area contributed by atoms with Crippen molar-refractivity contribution in [1.29, 1.82) is 0 Å². The van der Waals surface area contributed by atoms with E-state index in [0.29, 0.717) is 5.92 Å². The molecule has 3 heterocycles. The third-order valence-corrected chi connectivity index (χ3v) is 6.85. The number of benzene rings is 1. The number of nitrogens with one attached hydrogen (secondary N) is 1. The predicted molar refractivity (Wildman–Crippen MR) is 120 cm³/mol. The van der Waals surface area contributed by atoms with Gasteiger partial charge in [-0.25, -0.2) is 9.97 Å². The third-order valence-electron chi connectivity index (χ3n) is 5.98. The van der Waals surface area contributed by atoms with Crippen LogP contribution in [0.25, 0.3) is 21.3 Å². The zero-order valence-corrected chi connectivity index (χ0v) is 17.5. The minimum absolute atomic E-state index is 0.102. The summed E-state index contributed by atoms with van der Waals surface area (Å²) in [6, 6.07) is 10.5. The van der Waals surface area contributed by atoms with Gasteiger partial charge in [-0.05, 0) is 44.2 Å². The Balaban J connectivity index is 1.34. The van der Waals surface area contributed by atoms with Gasteiger partial charge in [-0.15, -0.1) is 11.3 Å². The number of aliphatic hydroxyl groups excluding tert-OH is 1. The number of hydrogen-bond donors (Lipinski definition) is 2. The van der Waals surface area contributed by atoms with Gasteiger partial charge in [-0.2, -0.15) is 0 Å². The molecule has 5 rings (SSSR count). The maximum atomic E-state index is 9.67. The maximum absolute atomic E-state index is 9.67. The molecule has 0 unspecified atom stereocenters. The number of hydrogen-bond acceptors (Lipinski definition) is 6. The second-order valence-corrected chi connectivity index (χ2v) is 9.11. The highest BCUT2D eigenvalue weighted by Crippen LogP contribution is 2.42. The number of aliphatic hydroxyl groups is 1. The van der Waals surface area contributed by atoms with E-state index in [1.807, 2.05) is 0 Å². The fourth-order valence-corrected chi connectivity index (χ4v) is 5.05. The van der Waals surface area contributed by atoms with Crippen molar-refractivity contribution in [2.75, 3.05) is 31.5 Å². The Labute approximate surface area is 175 Å². The monoisotopic (exact) mass is 408 g/mol. The van der Waals surface area contributed by atoms with Crippen molar-refractivity contribution in [3.05, 3.63) is 41.5 Å². The highest BCUT2D eigenvalue weighted by Gasteiger charge is 2.28. The molecule has 1 aromatic carbocycles. The SMILES string of the molecule is OC1CCN(CCCNc2nc(C3CC3)nc3scc(-c4ccccc4)c23)CC1. The number of likely N-dealkylation sites (tertiary alicyclic amines) is 1. The molecule has 2 fully saturated rings. The predicted octanol–water partition coefficient (Wildman–Crippen LogP) is 4.49. The Hall–Kier alpha value is -2.02. The van der Waals surface area contributed by atoms with Gasteiger partial charge in [0.05, 0.1) is 11.5 Å². The molecule has 2 aromatic heterocycles. The zero-order valence-electron chi connectivity index (χ0n) is 16.7. The molecular weight excluding hydrogens is 380 g/mol. The quantitative estimate of drug-likeness (QED) is 0.564. The van der Waals surface area contributed by atoms with Gasteiger partial charge < -0.3 is 15.3 Å². The van der Waals surface area contributed by atoms with E-state index in [-0.39, 0.29) is 6.10 Å². The summed E-state index contributed by atoms with van der Waals surface area (Å²) in [5, 5.41) is 16.7. The number of aromatic nitrogens is 2. The Morgan fingerprint density at radius 3 is 2.62 bits per heavy atom. The number of nitrogens with zero attached hydrogens (tertiary/aromatic N) is 3. The van der Waals surface area contributed by atoms with Crippen LogP contribution < -0.4 is 5.32 Å². The summed E-state index contributed by atoms with van der Waals surface area (Å²) in [5.41, 5.74) is 2.44. The van der Waals surface area contributed by atoms with Crippen LogP contribution in [0.3, 0.4) is 0 Å². The molecule has 1 aliphatic carbocycles. The molecule has 1 saturated heterocycles. The molecule has 0 amide bonds. The molecule has 0 atom stereocenters. The van der Waals surface area contributed by atoms with E-state index >= 15 is 0 Å². The van der Waals surface area contributed by atoms with Crippen LogP contribution in [0.5, 0.6) is 0 Å². The number of fused-ring (bicyclic) bond motifs is 1. The summed E-state index contributed by atoms with van der Waals surface area (Å²) in [6.07, 6.45) is 5.20. The standard InChI is InChI=1S/C23H28N4OS/c28-18-9-13-27(14-10-18)12-4-11-24-22-20-19(16-5-2-1-3-6-16)15-29-23(20)26-21(25-22)17-7-8-17/h1-3,5-6,15,17-18,28H,4,7-14H2,(H,24,25,26). The Bertz CT molecular complexity index is 962. The highest BCUT2D eigenvalue weighted by atomic mass is 32.1. The first kappa shape index (κ1) is 19.0. The first-order valence-electron chi connectivity index (χ1n) is 10.8. The molecule has 3 aromatic rings. The summed E-state index contributed by atoms with van der Waals surface area (Å²) in [5.74, 6) is 2.54. The van der Waals surface area contributed by atoms with Crippen LogP contribution in [0.1, 0.15) is 43.8 Å². The van der Waals surface area contributed by atoms with Gasteiger partial charge in [-0.1, -0.05) is 30.3 Å². The average molecular weight is 409 g/mol. The van der Waals surface area contributed by atoms with Crippen LogP contribution in [0.2, 0.25) is 0 Å². The molecule has 5 nitrogen and oxygen atoms in total. The number of rotatable bonds is 7. The second kappa shape index (κ2) is 8.38. The Morgan fingerprint density at radius 1 is 1.07 bits per heavy atom. The lowest BCUT2D eigenvalue weighted by atomic mass is 10.1. The van der Waals surface area contributed by atoms with Gasteiger partial charge >= 0.3 is 0 Å². The van der Waals surface area contributed by atoms with E-state index in [4.69, 9.17) is 9.97 Å². The molecular formula is C23H28N4OS. The molecule has 2 aliphatic rings. The van der Waals surface area contributed by atoms with Gasteiger partial charge in [0.25, 0.3) is 0 Å². The van der Waals surface area contributed by atoms with Crippen molar-refractivity contribution in [1.82, 2.24) is 14.9 Å². The molecule has 1 saturated carbocycles. The summed E-state index contributed by atoms with van der Waals surface area (Å²) >= 11 is 1.72. The molecule has 29 heavy (non-hydrogen) atoms. The lowest BCUT2D eigenvalue weighted by Gasteiger charge is -2.29. The third kappa shape index (κ3) is 4.29. The normalized spacial score (nSPS) is 18.4. The van der Waals surface area contributed by atoms with Crippen LogP contribution in [-0.2, 0) is 0 Å². The van der Waals surface area contributed by atoms with Crippen molar-refractivity contribution in [2.45, 2.75) is 44.1 Å². The van der Waals surface area contributed by atoms with E-state index < -0.39 is 0 Å². The van der Waals surface area contributed by atoms with Crippen LogP contribution in [0, 0.1) is 0 Å². The van der Waals surface area contributed by atoms with E-state index in [9.17, 15) is 5.11 Å². The van der Waals surface area contributed by atoms with Crippen molar-refractivity contribution in [2.24, 2.45) is 0 Å². The summed E-state index contributed by atoms with van der Waals surface area (Å²) in [6.45, 7) is 3.98. The molecule has 2 N–H and O–H groups in total. The van der Waals surface area contributed by atoms with E-state index in [0.717, 1.165) is 67.3 Å². The Kier molecular flexibility index (Phi) is 5.48. The fourth-order valence-electron chi connectivity index (χ4n) is 4.09. The van der Waals surface area contributed by atoms with Crippen molar-refractivity contribution < 1.29 is 5.11 Å². The molecule has 1 aliphatic heterocycles. The van der Waals surface area contributed by atoms with E-state index in [1.54, 1.807) is 11.3 Å². The fraction of sp³-hybridized carbons (Fsp3) is 0.478. The number of anilines is 1. The van der Waals surface area contributed by atoms with E-state index in [2.05, 4.69) is 45.9 Å². The van der Waals surface area contributed by atoms with Gasteiger partial charge in [0.2, 0.25) is 0 Å². The first-order chi connectivity index (χ1) is 14.3. The van der Waals surface area contributed by atoms with Gasteiger partial charge in [0.15, 0.2) is 0 Å². The molecule has 6 heteroatoms. The lowest BCUT2D eigenvalue weighted by Crippen LogP contribution is -2.36. The van der Waals surface area contributed by atoms with Crippen LogP contribution in [-0.4, -0.2) is 52.3 Å². The van der Waals surface area contributed by atoms with Crippen LogP contribution in [0.4, 0.5) is 5.82 Å².